The van der Waals surface area contributed by atoms with Crippen molar-refractivity contribution >= 4 is 29.0 Å². The van der Waals surface area contributed by atoms with Gasteiger partial charge in [-0.2, -0.15) is 0 Å². The molecule has 2 fully saturated rings. The minimum atomic E-state index is -0.385. The van der Waals surface area contributed by atoms with Crippen LogP contribution >= 0.6 is 11.6 Å². The Hall–Kier alpha value is -2.01. The molecule has 0 heterocycles. The smallest absolute Gasteiger partial charge is 0.354 e. The summed E-state index contributed by atoms with van der Waals surface area (Å²) in [4.78, 5) is 18.9. The maximum Gasteiger partial charge on any atom is 0.354 e. The Labute approximate surface area is 218 Å². The highest BCUT2D eigenvalue weighted by Crippen LogP contribution is 2.54. The van der Waals surface area contributed by atoms with Crippen LogP contribution in [0.25, 0.3) is 0 Å². The quantitative estimate of drug-likeness (QED) is 0.262. The molecule has 2 aliphatic rings. The van der Waals surface area contributed by atoms with Crippen LogP contribution in [0.5, 0.6) is 0 Å². The fourth-order valence-electron chi connectivity index (χ4n) is 4.68. The van der Waals surface area contributed by atoms with Crippen molar-refractivity contribution in [2.24, 2.45) is 28.5 Å². The number of rotatable bonds is 11. The van der Waals surface area contributed by atoms with Crippen LogP contribution in [0.15, 0.2) is 34.5 Å². The van der Waals surface area contributed by atoms with Gasteiger partial charge in [0, 0.05) is 41.6 Å². The lowest BCUT2D eigenvalue weighted by atomic mass is 10.0. The predicted molar refractivity (Wildman–Crippen MR) is 149 cm³/mol. The van der Waals surface area contributed by atoms with Crippen molar-refractivity contribution in [1.29, 1.82) is 0 Å². The Morgan fingerprint density at radius 3 is 2.51 bits per heavy atom. The molecule has 0 saturated heterocycles. The van der Waals surface area contributed by atoms with E-state index >= 15 is 0 Å². The van der Waals surface area contributed by atoms with Crippen LogP contribution < -0.4 is 10.6 Å². The number of esters is 1. The van der Waals surface area contributed by atoms with Crippen LogP contribution in [0.1, 0.15) is 78.7 Å². The van der Waals surface area contributed by atoms with Crippen molar-refractivity contribution < 1.29 is 9.53 Å². The van der Waals surface area contributed by atoms with E-state index in [1.165, 1.54) is 30.5 Å². The number of halogens is 1. The number of carbonyl (C=O) groups excluding carboxylic acids is 1. The Balaban J connectivity index is 0.000000258. The van der Waals surface area contributed by atoms with Gasteiger partial charge >= 0.3 is 5.97 Å². The predicted octanol–water partition coefficient (Wildman–Crippen LogP) is 6.95. The van der Waals surface area contributed by atoms with Gasteiger partial charge < -0.3 is 15.4 Å². The number of benzene rings is 1. The largest absolute Gasteiger partial charge is 0.461 e. The van der Waals surface area contributed by atoms with Crippen LogP contribution in [-0.2, 0) is 9.53 Å². The lowest BCUT2D eigenvalue weighted by Crippen LogP contribution is -2.25. The summed E-state index contributed by atoms with van der Waals surface area (Å²) in [5.74, 6) is 1.44. The first kappa shape index (κ1) is 29.2. The summed E-state index contributed by atoms with van der Waals surface area (Å²) in [5, 5.41) is 0.865. The first-order valence-corrected chi connectivity index (χ1v) is 13.9. The first-order chi connectivity index (χ1) is 16.8. The van der Waals surface area contributed by atoms with Crippen LogP contribution in [0, 0.1) is 24.7 Å². The fourth-order valence-corrected chi connectivity index (χ4v) is 4.85. The van der Waals surface area contributed by atoms with Crippen molar-refractivity contribution in [3.63, 3.8) is 0 Å². The minimum absolute atomic E-state index is 0.291. The highest BCUT2D eigenvalue weighted by atomic mass is 35.5. The lowest BCUT2D eigenvalue weighted by Gasteiger charge is -2.25. The maximum atomic E-state index is 11.8. The van der Waals surface area contributed by atoms with Crippen LogP contribution in [-0.4, -0.2) is 37.9 Å². The number of anilines is 1. The van der Waals surface area contributed by atoms with Gasteiger partial charge in [0.2, 0.25) is 0 Å². The lowest BCUT2D eigenvalue weighted by molar-refractivity contribution is -0.138. The fraction of sp³-hybridized carbons (Fsp3) is 0.655. The topological polar surface area (TPSA) is 67.9 Å². The third-order valence-electron chi connectivity index (χ3n) is 7.03. The van der Waals surface area contributed by atoms with E-state index in [0.29, 0.717) is 30.1 Å². The number of ether oxygens (including phenoxy) is 1. The monoisotopic (exact) mass is 503 g/mol. The third kappa shape index (κ3) is 8.27. The van der Waals surface area contributed by atoms with Gasteiger partial charge in [0.25, 0.3) is 0 Å². The standard InChI is InChI=1S/C16H26N2O2.C13H20ClN/c1-4-10(3)6-7-18-13-9-11-8-12(11)14(13)15(17)16(19)20-5-2;1-4-9-15(10-5-2)13-8-6-7-12(14)11(13)3/h10-12H,4-9,17H2,1-3H3;6-8H,4-5,9-10H2,1-3H3/b15-14-,18-13?;. The molecule has 3 atom stereocenters. The Kier molecular flexibility index (Phi) is 12.1. The van der Waals surface area contributed by atoms with E-state index in [4.69, 9.17) is 27.1 Å². The van der Waals surface area contributed by atoms with E-state index in [0.717, 1.165) is 55.2 Å². The molecule has 5 nitrogen and oxygen atoms in total. The first-order valence-electron chi connectivity index (χ1n) is 13.5. The highest BCUT2D eigenvalue weighted by molar-refractivity contribution is 6.31. The normalized spacial score (nSPS) is 21.6. The van der Waals surface area contributed by atoms with Crippen LogP contribution in [0.4, 0.5) is 5.69 Å². The zero-order valence-electron chi connectivity index (χ0n) is 22.7. The third-order valence-corrected chi connectivity index (χ3v) is 7.44. The Morgan fingerprint density at radius 2 is 1.91 bits per heavy atom. The molecular formula is C29H46ClN3O2. The molecule has 3 unspecified atom stereocenters. The molecule has 0 spiro atoms. The van der Waals surface area contributed by atoms with E-state index < -0.39 is 0 Å². The highest BCUT2D eigenvalue weighted by Gasteiger charge is 2.50. The number of aliphatic imine (C=N–C) groups is 1. The molecule has 1 aromatic carbocycles. The molecule has 6 heteroatoms. The zero-order valence-corrected chi connectivity index (χ0v) is 23.5. The molecule has 0 bridgehead atoms. The van der Waals surface area contributed by atoms with Crippen molar-refractivity contribution in [2.75, 3.05) is 31.1 Å². The molecule has 3 rings (SSSR count). The van der Waals surface area contributed by atoms with Gasteiger partial charge in [-0.15, -0.1) is 0 Å². The van der Waals surface area contributed by atoms with E-state index in [-0.39, 0.29) is 5.97 Å². The Bertz CT molecular complexity index is 890. The molecule has 0 aromatic heterocycles. The average Bonchev–Trinajstić information content (AvgIpc) is 3.51. The van der Waals surface area contributed by atoms with E-state index in [2.05, 4.69) is 45.6 Å². The van der Waals surface area contributed by atoms with Crippen molar-refractivity contribution in [3.05, 3.63) is 40.1 Å². The summed E-state index contributed by atoms with van der Waals surface area (Å²) in [6.07, 6.45) is 6.77. The summed E-state index contributed by atoms with van der Waals surface area (Å²) in [6.45, 7) is 16.2. The number of carbonyl (C=O) groups is 1. The molecular weight excluding hydrogens is 458 g/mol. The number of nitrogens with zero attached hydrogens (tertiary/aromatic N) is 2. The van der Waals surface area contributed by atoms with Crippen molar-refractivity contribution in [2.45, 2.75) is 80.1 Å². The molecule has 35 heavy (non-hydrogen) atoms. The molecule has 2 N–H and O–H groups in total. The van der Waals surface area contributed by atoms with Gasteiger partial charge in [-0.1, -0.05) is 51.8 Å². The van der Waals surface area contributed by atoms with Gasteiger partial charge in [-0.3, -0.25) is 4.99 Å². The summed E-state index contributed by atoms with van der Waals surface area (Å²) < 4.78 is 5.01. The number of fused-ring (bicyclic) bond motifs is 1. The van der Waals surface area contributed by atoms with E-state index in [1.807, 2.05) is 12.1 Å². The van der Waals surface area contributed by atoms with Crippen molar-refractivity contribution in [1.82, 2.24) is 0 Å². The number of hydrogen-bond donors (Lipinski definition) is 1. The van der Waals surface area contributed by atoms with Gasteiger partial charge in [-0.05, 0) is 81.4 Å². The molecule has 0 amide bonds. The molecule has 2 saturated carbocycles. The maximum absolute atomic E-state index is 11.8. The SMILES string of the molecule is CCCN(CCC)c1cccc(Cl)c1C.CCOC(=O)/C(N)=C1/C(=NCCC(C)CC)CC2CC12. The van der Waals surface area contributed by atoms with Crippen LogP contribution in [0.3, 0.4) is 0 Å². The number of hydrogen-bond acceptors (Lipinski definition) is 5. The second kappa shape index (κ2) is 14.5. The molecule has 1 aromatic rings. The number of allylic oxidation sites excluding steroid dienone is 1. The van der Waals surface area contributed by atoms with Crippen LogP contribution in [0.2, 0.25) is 5.02 Å². The number of nitrogens with two attached hydrogens (primary N) is 1. The summed E-state index contributed by atoms with van der Waals surface area (Å²) in [6, 6.07) is 6.14. The molecule has 196 valence electrons. The Morgan fingerprint density at radius 1 is 1.23 bits per heavy atom. The van der Waals surface area contributed by atoms with Crippen molar-refractivity contribution in [3.8, 4) is 0 Å². The second-order valence-electron chi connectivity index (χ2n) is 9.86. The molecule has 0 radical (unpaired) electrons. The summed E-state index contributed by atoms with van der Waals surface area (Å²) >= 11 is 6.13. The summed E-state index contributed by atoms with van der Waals surface area (Å²) in [5.41, 5.74) is 10.8. The van der Waals surface area contributed by atoms with Gasteiger partial charge in [-0.25, -0.2) is 4.79 Å². The molecule has 2 aliphatic carbocycles. The van der Waals surface area contributed by atoms with Gasteiger partial charge in [0.1, 0.15) is 5.70 Å². The van der Waals surface area contributed by atoms with E-state index in [9.17, 15) is 4.79 Å². The van der Waals surface area contributed by atoms with Gasteiger partial charge in [0.15, 0.2) is 0 Å². The van der Waals surface area contributed by atoms with Gasteiger partial charge in [0.05, 0.1) is 6.61 Å². The average molecular weight is 504 g/mol. The minimum Gasteiger partial charge on any atom is -0.461 e. The second-order valence-corrected chi connectivity index (χ2v) is 10.3. The zero-order chi connectivity index (χ0) is 26.0. The summed E-state index contributed by atoms with van der Waals surface area (Å²) in [7, 11) is 0. The molecule has 0 aliphatic heterocycles. The van der Waals surface area contributed by atoms with E-state index in [1.54, 1.807) is 6.92 Å².